The molecule has 1 aromatic rings. The number of hydrogen-bond acceptors (Lipinski definition) is 6. The number of ether oxygens (including phenoxy) is 2. The zero-order valence-electron chi connectivity index (χ0n) is 12.9. The van der Waals surface area contributed by atoms with Gasteiger partial charge in [-0.3, -0.25) is 4.79 Å². The van der Waals surface area contributed by atoms with Crippen LogP contribution in [0.3, 0.4) is 0 Å². The van der Waals surface area contributed by atoms with Crippen LogP contribution < -0.4 is 5.56 Å². The molecule has 0 radical (unpaired) electrons. The van der Waals surface area contributed by atoms with Crippen LogP contribution in [0.25, 0.3) is 0 Å². The van der Waals surface area contributed by atoms with Crippen LogP contribution in [-0.4, -0.2) is 73.0 Å². The van der Waals surface area contributed by atoms with Crippen LogP contribution in [0.2, 0.25) is 0 Å². The summed E-state index contributed by atoms with van der Waals surface area (Å²) in [6, 6.07) is 1.38. The van der Waals surface area contributed by atoms with Gasteiger partial charge in [0.15, 0.2) is 0 Å². The van der Waals surface area contributed by atoms with Gasteiger partial charge in [0.05, 0.1) is 19.8 Å². The van der Waals surface area contributed by atoms with Gasteiger partial charge in [-0.25, -0.2) is 4.98 Å². The molecule has 9 nitrogen and oxygen atoms in total. The summed E-state index contributed by atoms with van der Waals surface area (Å²) in [5, 5.41) is 0. The zero-order chi connectivity index (χ0) is 16.4. The average Bonchev–Trinajstić information content (AvgIpc) is 2.55. The Bertz CT molecular complexity index is 713. The van der Waals surface area contributed by atoms with Gasteiger partial charge in [0.25, 0.3) is 15.8 Å². The fourth-order valence-electron chi connectivity index (χ4n) is 2.70. The van der Waals surface area contributed by atoms with E-state index in [4.69, 9.17) is 9.47 Å². The third-order valence-corrected chi connectivity index (χ3v) is 5.85. The lowest BCUT2D eigenvalue weighted by molar-refractivity contribution is -0.0111. The summed E-state index contributed by atoms with van der Waals surface area (Å²) in [4.78, 5) is 18.4. The van der Waals surface area contributed by atoms with Crippen LogP contribution in [0.5, 0.6) is 0 Å². The molecule has 1 N–H and O–H groups in total. The molecule has 1 atom stereocenters. The Morgan fingerprint density at radius 2 is 1.91 bits per heavy atom. The van der Waals surface area contributed by atoms with Gasteiger partial charge < -0.3 is 14.5 Å². The molecule has 10 heteroatoms. The van der Waals surface area contributed by atoms with Gasteiger partial charge in [0.2, 0.25) is 0 Å². The number of aromatic amines is 1. The second kappa shape index (κ2) is 6.65. The van der Waals surface area contributed by atoms with Crippen molar-refractivity contribution in [2.75, 3.05) is 46.0 Å². The van der Waals surface area contributed by atoms with Crippen molar-refractivity contribution >= 4 is 10.2 Å². The molecule has 3 rings (SSSR count). The van der Waals surface area contributed by atoms with E-state index in [1.54, 1.807) is 6.92 Å². The maximum absolute atomic E-state index is 12.7. The second-order valence-corrected chi connectivity index (χ2v) is 7.44. The number of nitrogens with zero attached hydrogens (tertiary/aromatic N) is 3. The van der Waals surface area contributed by atoms with E-state index in [0.717, 1.165) is 0 Å². The number of rotatable bonds is 3. The first-order valence-electron chi connectivity index (χ1n) is 7.49. The van der Waals surface area contributed by atoms with Crippen LogP contribution in [-0.2, 0) is 19.7 Å². The second-order valence-electron chi connectivity index (χ2n) is 5.51. The first kappa shape index (κ1) is 16.5. The van der Waals surface area contributed by atoms with Crippen molar-refractivity contribution in [2.45, 2.75) is 13.0 Å². The van der Waals surface area contributed by atoms with Gasteiger partial charge in [0, 0.05) is 37.9 Å². The highest BCUT2D eigenvalue weighted by molar-refractivity contribution is 7.86. The van der Waals surface area contributed by atoms with Gasteiger partial charge in [-0.05, 0) is 6.92 Å². The summed E-state index contributed by atoms with van der Waals surface area (Å²) in [5.41, 5.74) is 0.296. The summed E-state index contributed by atoms with van der Waals surface area (Å²) in [6.45, 7) is 3.89. The zero-order valence-corrected chi connectivity index (χ0v) is 13.7. The Labute approximate surface area is 134 Å². The fraction of sp³-hybridized carbons (Fsp3) is 0.692. The molecule has 128 valence electrons. The fourth-order valence-corrected chi connectivity index (χ4v) is 4.26. The van der Waals surface area contributed by atoms with Crippen LogP contribution in [0.1, 0.15) is 17.6 Å². The predicted molar refractivity (Wildman–Crippen MR) is 81.2 cm³/mol. The highest BCUT2D eigenvalue weighted by Crippen LogP contribution is 2.22. The molecule has 0 unspecified atom stereocenters. The highest BCUT2D eigenvalue weighted by Gasteiger charge is 2.36. The Hall–Kier alpha value is -1.33. The van der Waals surface area contributed by atoms with Crippen LogP contribution in [0.4, 0.5) is 0 Å². The van der Waals surface area contributed by atoms with Crippen molar-refractivity contribution in [3.05, 3.63) is 27.9 Å². The van der Waals surface area contributed by atoms with Crippen molar-refractivity contribution in [1.29, 1.82) is 0 Å². The van der Waals surface area contributed by atoms with Crippen LogP contribution >= 0.6 is 0 Å². The Balaban J connectivity index is 1.78. The van der Waals surface area contributed by atoms with E-state index in [2.05, 4.69) is 9.97 Å². The highest BCUT2D eigenvalue weighted by atomic mass is 32.2. The molecular weight excluding hydrogens is 324 g/mol. The van der Waals surface area contributed by atoms with Crippen molar-refractivity contribution in [2.24, 2.45) is 0 Å². The summed E-state index contributed by atoms with van der Waals surface area (Å²) >= 11 is 0. The molecule has 2 saturated heterocycles. The third-order valence-electron chi connectivity index (χ3n) is 3.84. The quantitative estimate of drug-likeness (QED) is 0.756. The maximum Gasteiger partial charge on any atom is 0.282 e. The molecule has 0 amide bonds. The number of aryl methyl sites for hydroxylation is 1. The normalized spacial score (nSPS) is 24.7. The molecule has 0 saturated carbocycles. The number of hydrogen-bond donors (Lipinski definition) is 1. The van der Waals surface area contributed by atoms with E-state index < -0.39 is 16.3 Å². The lowest BCUT2D eigenvalue weighted by atomic mass is 10.3. The molecule has 23 heavy (non-hydrogen) atoms. The number of aromatic nitrogens is 2. The van der Waals surface area contributed by atoms with Gasteiger partial charge in [-0.2, -0.15) is 17.0 Å². The minimum atomic E-state index is -3.56. The van der Waals surface area contributed by atoms with E-state index in [1.165, 1.54) is 14.7 Å². The molecule has 2 aliphatic heterocycles. The molecule has 2 fully saturated rings. The van der Waals surface area contributed by atoms with Crippen molar-refractivity contribution < 1.29 is 17.9 Å². The van der Waals surface area contributed by atoms with Gasteiger partial charge in [-0.1, -0.05) is 0 Å². The van der Waals surface area contributed by atoms with E-state index in [-0.39, 0.29) is 25.3 Å². The molecule has 3 heterocycles. The predicted octanol–water partition coefficient (Wildman–Crippen LogP) is -0.971. The molecular formula is C13H20N4O5S. The molecule has 1 aromatic heterocycles. The SMILES string of the molecule is Cc1cc(=O)[nH]c([C@H]2CN(S(=O)(=O)N3CCOCC3)CCO2)n1. The molecule has 0 bridgehead atoms. The van der Waals surface area contributed by atoms with Crippen LogP contribution in [0, 0.1) is 6.92 Å². The largest absolute Gasteiger partial charge is 0.379 e. The van der Waals surface area contributed by atoms with E-state index >= 15 is 0 Å². The lowest BCUT2D eigenvalue weighted by Crippen LogP contribution is -2.52. The molecule has 0 aromatic carbocycles. The third kappa shape index (κ3) is 3.61. The van der Waals surface area contributed by atoms with Crippen molar-refractivity contribution in [3.63, 3.8) is 0 Å². The number of H-pyrrole nitrogens is 1. The van der Waals surface area contributed by atoms with Crippen molar-refractivity contribution in [3.8, 4) is 0 Å². The monoisotopic (exact) mass is 344 g/mol. The first-order chi connectivity index (χ1) is 11.0. The Kier molecular flexibility index (Phi) is 4.78. The minimum Gasteiger partial charge on any atom is -0.379 e. The van der Waals surface area contributed by atoms with E-state index in [0.29, 0.717) is 37.8 Å². The maximum atomic E-state index is 12.7. The summed E-state index contributed by atoms with van der Waals surface area (Å²) in [5.74, 6) is 0.358. The average molecular weight is 344 g/mol. The minimum absolute atomic E-state index is 0.131. The van der Waals surface area contributed by atoms with Gasteiger partial charge >= 0.3 is 0 Å². The number of nitrogens with one attached hydrogen (secondary N) is 1. The molecule has 0 spiro atoms. The topological polar surface area (TPSA) is 105 Å². The van der Waals surface area contributed by atoms with Crippen LogP contribution in [0.15, 0.2) is 10.9 Å². The van der Waals surface area contributed by atoms with E-state index in [9.17, 15) is 13.2 Å². The Morgan fingerprint density at radius 3 is 2.61 bits per heavy atom. The summed E-state index contributed by atoms with van der Waals surface area (Å²) < 4.78 is 39.0. The standard InChI is InChI=1S/C13H20N4O5S/c1-10-8-12(18)15-13(14-10)11-9-17(4-7-22-11)23(19,20)16-2-5-21-6-3-16/h8,11H,2-7,9H2,1H3,(H,14,15,18)/t11-/m1/s1. The molecule has 2 aliphatic rings. The first-order valence-corrected chi connectivity index (χ1v) is 8.89. The Morgan fingerprint density at radius 1 is 1.22 bits per heavy atom. The summed E-state index contributed by atoms with van der Waals surface area (Å²) in [6.07, 6.45) is -0.577. The number of morpholine rings is 2. The van der Waals surface area contributed by atoms with Gasteiger partial charge in [0.1, 0.15) is 11.9 Å². The van der Waals surface area contributed by atoms with Crippen molar-refractivity contribution in [1.82, 2.24) is 18.6 Å². The van der Waals surface area contributed by atoms with Gasteiger partial charge in [-0.15, -0.1) is 0 Å². The lowest BCUT2D eigenvalue weighted by Gasteiger charge is -2.36. The molecule has 0 aliphatic carbocycles. The van der Waals surface area contributed by atoms with E-state index in [1.807, 2.05) is 0 Å². The summed E-state index contributed by atoms with van der Waals surface area (Å²) in [7, 11) is -3.56. The smallest absolute Gasteiger partial charge is 0.282 e.